The van der Waals surface area contributed by atoms with Gasteiger partial charge in [-0.3, -0.25) is 9.69 Å². The van der Waals surface area contributed by atoms with Crippen molar-refractivity contribution in [1.29, 1.82) is 0 Å². The second kappa shape index (κ2) is 6.88. The molecule has 1 saturated heterocycles. The Hall–Kier alpha value is -1.11. The average Bonchev–Trinajstić information content (AvgIpc) is 2.38. The van der Waals surface area contributed by atoms with E-state index < -0.39 is 0 Å². The van der Waals surface area contributed by atoms with Gasteiger partial charge < -0.3 is 15.2 Å². The summed E-state index contributed by atoms with van der Waals surface area (Å²) in [6.07, 6.45) is -0.0308. The predicted octanol–water partition coefficient (Wildman–Crippen LogP) is 1.01. The van der Waals surface area contributed by atoms with Crippen LogP contribution in [-0.2, 0) is 9.53 Å². The lowest BCUT2D eigenvalue weighted by molar-refractivity contribution is -0.121. The molecule has 2 N–H and O–H groups in total. The highest BCUT2D eigenvalue weighted by molar-refractivity contribution is 9.10. The zero-order valence-corrected chi connectivity index (χ0v) is 12.1. The first-order chi connectivity index (χ1) is 9.13. The topological polar surface area (TPSA) is 64.8 Å². The molecule has 0 aromatic heterocycles. The average molecular weight is 329 g/mol. The molecule has 1 amide bonds. The number of nitrogens with two attached hydrogens (primary N) is 1. The first kappa shape index (κ1) is 14.3. The van der Waals surface area contributed by atoms with E-state index in [1.54, 1.807) is 0 Å². The van der Waals surface area contributed by atoms with Gasteiger partial charge in [0.15, 0.2) is 0 Å². The second-order valence-electron chi connectivity index (χ2n) is 4.46. The Kier molecular flexibility index (Phi) is 5.18. The van der Waals surface area contributed by atoms with E-state index in [9.17, 15) is 4.79 Å². The number of hydrogen-bond acceptors (Lipinski definition) is 4. The number of carbonyl (C=O) groups is 1. The van der Waals surface area contributed by atoms with Crippen molar-refractivity contribution >= 4 is 21.8 Å². The number of nitrogens with zero attached hydrogens (tertiary/aromatic N) is 1. The van der Waals surface area contributed by atoms with E-state index in [0.717, 1.165) is 16.8 Å². The summed E-state index contributed by atoms with van der Waals surface area (Å²) in [7, 11) is 0. The highest BCUT2D eigenvalue weighted by atomic mass is 79.9. The second-order valence-corrected chi connectivity index (χ2v) is 5.37. The Bertz CT molecular complexity index is 424. The van der Waals surface area contributed by atoms with Gasteiger partial charge >= 0.3 is 0 Å². The lowest BCUT2D eigenvalue weighted by Crippen LogP contribution is -2.47. The Morgan fingerprint density at radius 1 is 1.47 bits per heavy atom. The van der Waals surface area contributed by atoms with E-state index in [2.05, 4.69) is 15.9 Å². The molecule has 0 bridgehead atoms. The standard InChI is InChI=1S/C13H17BrN2O3/c14-10-1-3-11(4-2-10)19-9-12-7-16(5-6-18-12)8-13(15)17/h1-4,12H,5-9H2,(H2,15,17). The van der Waals surface area contributed by atoms with Crippen molar-refractivity contribution in [3.8, 4) is 5.75 Å². The third kappa shape index (κ3) is 4.81. The van der Waals surface area contributed by atoms with Crippen LogP contribution in [0, 0.1) is 0 Å². The van der Waals surface area contributed by atoms with Gasteiger partial charge in [-0.1, -0.05) is 15.9 Å². The van der Waals surface area contributed by atoms with Crippen molar-refractivity contribution in [3.63, 3.8) is 0 Å². The van der Waals surface area contributed by atoms with Crippen LogP contribution in [0.4, 0.5) is 0 Å². The van der Waals surface area contributed by atoms with Gasteiger partial charge in [0, 0.05) is 17.6 Å². The van der Waals surface area contributed by atoms with Crippen LogP contribution in [-0.4, -0.2) is 49.8 Å². The van der Waals surface area contributed by atoms with Crippen molar-refractivity contribution in [2.45, 2.75) is 6.10 Å². The van der Waals surface area contributed by atoms with E-state index in [4.69, 9.17) is 15.2 Å². The minimum absolute atomic E-state index is 0.0308. The lowest BCUT2D eigenvalue weighted by atomic mass is 10.3. The maximum absolute atomic E-state index is 10.9. The fourth-order valence-corrected chi connectivity index (χ4v) is 2.23. The Morgan fingerprint density at radius 2 is 2.21 bits per heavy atom. The first-order valence-corrected chi connectivity index (χ1v) is 6.93. The molecule has 0 saturated carbocycles. The van der Waals surface area contributed by atoms with Gasteiger partial charge in [-0.05, 0) is 24.3 Å². The van der Waals surface area contributed by atoms with Gasteiger partial charge in [0.25, 0.3) is 0 Å². The number of rotatable bonds is 5. The summed E-state index contributed by atoms with van der Waals surface area (Å²) < 4.78 is 12.3. The highest BCUT2D eigenvalue weighted by Gasteiger charge is 2.21. The summed E-state index contributed by atoms with van der Waals surface area (Å²) in [4.78, 5) is 12.9. The fourth-order valence-electron chi connectivity index (χ4n) is 1.97. The number of morpholine rings is 1. The van der Waals surface area contributed by atoms with E-state index in [-0.39, 0.29) is 18.6 Å². The van der Waals surface area contributed by atoms with Gasteiger partial charge in [0.1, 0.15) is 18.5 Å². The molecular formula is C13H17BrN2O3. The summed E-state index contributed by atoms with van der Waals surface area (Å²) in [6.45, 7) is 2.74. The van der Waals surface area contributed by atoms with Crippen LogP contribution >= 0.6 is 15.9 Å². The Morgan fingerprint density at radius 3 is 2.89 bits per heavy atom. The smallest absolute Gasteiger partial charge is 0.231 e. The summed E-state index contributed by atoms with van der Waals surface area (Å²) in [6, 6.07) is 7.65. The van der Waals surface area contributed by atoms with Crippen LogP contribution in [0.5, 0.6) is 5.75 Å². The molecule has 104 valence electrons. The zero-order chi connectivity index (χ0) is 13.7. The normalized spacial score (nSPS) is 20.2. The summed E-state index contributed by atoms with van der Waals surface area (Å²) in [5.41, 5.74) is 5.19. The van der Waals surface area contributed by atoms with E-state index in [1.165, 1.54) is 0 Å². The molecule has 1 aromatic rings. The van der Waals surface area contributed by atoms with Crippen LogP contribution in [0.1, 0.15) is 0 Å². The van der Waals surface area contributed by atoms with Crippen molar-refractivity contribution in [2.75, 3.05) is 32.8 Å². The number of carbonyl (C=O) groups excluding carboxylic acids is 1. The molecule has 1 heterocycles. The van der Waals surface area contributed by atoms with E-state index >= 15 is 0 Å². The molecule has 1 aliphatic rings. The predicted molar refractivity (Wildman–Crippen MR) is 75.0 cm³/mol. The van der Waals surface area contributed by atoms with Gasteiger partial charge in [0.2, 0.25) is 5.91 Å². The fraction of sp³-hybridized carbons (Fsp3) is 0.462. The quantitative estimate of drug-likeness (QED) is 0.876. The van der Waals surface area contributed by atoms with Gasteiger partial charge in [-0.2, -0.15) is 0 Å². The van der Waals surface area contributed by atoms with Crippen LogP contribution in [0.15, 0.2) is 28.7 Å². The third-order valence-corrected chi connectivity index (χ3v) is 3.38. The number of hydrogen-bond donors (Lipinski definition) is 1. The molecule has 1 aliphatic heterocycles. The van der Waals surface area contributed by atoms with Crippen molar-refractivity contribution in [3.05, 3.63) is 28.7 Å². The minimum atomic E-state index is -0.311. The van der Waals surface area contributed by atoms with Crippen LogP contribution in [0.25, 0.3) is 0 Å². The van der Waals surface area contributed by atoms with E-state index in [1.807, 2.05) is 29.2 Å². The zero-order valence-electron chi connectivity index (χ0n) is 10.5. The van der Waals surface area contributed by atoms with Crippen LogP contribution in [0.2, 0.25) is 0 Å². The van der Waals surface area contributed by atoms with Gasteiger partial charge in [-0.15, -0.1) is 0 Å². The SMILES string of the molecule is NC(=O)CN1CCOC(COc2ccc(Br)cc2)C1. The largest absolute Gasteiger partial charge is 0.491 e. The molecule has 6 heteroatoms. The number of halogens is 1. The third-order valence-electron chi connectivity index (χ3n) is 2.85. The molecule has 1 fully saturated rings. The van der Waals surface area contributed by atoms with Crippen LogP contribution in [0.3, 0.4) is 0 Å². The monoisotopic (exact) mass is 328 g/mol. The maximum Gasteiger partial charge on any atom is 0.231 e. The summed E-state index contributed by atoms with van der Waals surface area (Å²) in [5.74, 6) is 0.494. The highest BCUT2D eigenvalue weighted by Crippen LogP contribution is 2.17. The molecule has 2 rings (SSSR count). The lowest BCUT2D eigenvalue weighted by Gasteiger charge is -2.31. The molecular weight excluding hydrogens is 312 g/mol. The van der Waals surface area contributed by atoms with Crippen molar-refractivity contribution in [1.82, 2.24) is 4.90 Å². The Labute approximate surface area is 120 Å². The molecule has 0 spiro atoms. The van der Waals surface area contributed by atoms with E-state index in [0.29, 0.717) is 19.8 Å². The molecule has 0 radical (unpaired) electrons. The van der Waals surface area contributed by atoms with Crippen molar-refractivity contribution in [2.24, 2.45) is 5.73 Å². The number of benzene rings is 1. The molecule has 1 unspecified atom stereocenters. The molecule has 1 aromatic carbocycles. The van der Waals surface area contributed by atoms with Crippen LogP contribution < -0.4 is 10.5 Å². The maximum atomic E-state index is 10.9. The minimum Gasteiger partial charge on any atom is -0.491 e. The molecule has 0 aliphatic carbocycles. The Balaban J connectivity index is 1.79. The molecule has 19 heavy (non-hydrogen) atoms. The number of amides is 1. The number of primary amides is 1. The van der Waals surface area contributed by atoms with Crippen molar-refractivity contribution < 1.29 is 14.3 Å². The number of ether oxygens (including phenoxy) is 2. The van der Waals surface area contributed by atoms with Gasteiger partial charge in [-0.25, -0.2) is 0 Å². The van der Waals surface area contributed by atoms with Gasteiger partial charge in [0.05, 0.1) is 13.2 Å². The molecule has 1 atom stereocenters. The first-order valence-electron chi connectivity index (χ1n) is 6.14. The summed E-state index contributed by atoms with van der Waals surface area (Å²) >= 11 is 3.37. The molecule has 5 nitrogen and oxygen atoms in total. The summed E-state index contributed by atoms with van der Waals surface area (Å²) in [5, 5.41) is 0.